The maximum atomic E-state index is 13.2. The van der Waals surface area contributed by atoms with E-state index in [1.165, 1.54) is 9.42 Å². The molecule has 0 amide bonds. The zero-order chi connectivity index (χ0) is 27.5. The monoisotopic (exact) mass is 556 g/mol. The second-order valence-electron chi connectivity index (χ2n) is 10.4. The standard InChI is InChI=1S/C27H27F3N6O2S/c1-39(37,38)24-23(18-11-19-8-9-20(12-18)35(19)15-27(28,29)30)34-26-21(14-33-36(26)25(24)31)17-7-10-22(32-13-17)16-5-3-2-4-6-16/h2-7,10,13-14,18-20H,8-9,11-12,15,31H2,1H3/t18-,19-,20?/m0/s1. The molecule has 3 aromatic heterocycles. The third kappa shape index (κ3) is 4.76. The Bertz CT molecular complexity index is 1620. The van der Waals surface area contributed by atoms with Gasteiger partial charge in [-0.25, -0.2) is 13.4 Å². The van der Waals surface area contributed by atoms with Gasteiger partial charge in [-0.05, 0) is 31.7 Å². The van der Waals surface area contributed by atoms with E-state index in [-0.39, 0.29) is 28.7 Å². The number of nitrogens with zero attached hydrogens (tertiary/aromatic N) is 5. The number of halogens is 3. The number of piperidine rings is 1. The lowest BCUT2D eigenvalue weighted by molar-refractivity contribution is -0.155. The van der Waals surface area contributed by atoms with Gasteiger partial charge in [0.15, 0.2) is 15.5 Å². The first-order chi connectivity index (χ1) is 18.5. The molecule has 0 saturated carbocycles. The number of anilines is 1. The molecule has 12 heteroatoms. The fraction of sp³-hybridized carbons (Fsp3) is 0.370. The van der Waals surface area contributed by atoms with Crippen LogP contribution in [0.1, 0.15) is 37.3 Å². The molecule has 2 bridgehead atoms. The van der Waals surface area contributed by atoms with Crippen molar-refractivity contribution in [3.63, 3.8) is 0 Å². The Labute approximate surface area is 223 Å². The summed E-state index contributed by atoms with van der Waals surface area (Å²) in [6, 6.07) is 12.9. The number of pyridine rings is 1. The number of nitrogen functional groups attached to an aromatic ring is 1. The van der Waals surface area contributed by atoms with Crippen molar-refractivity contribution >= 4 is 21.3 Å². The van der Waals surface area contributed by atoms with Gasteiger partial charge >= 0.3 is 6.18 Å². The Morgan fingerprint density at radius 1 is 1.00 bits per heavy atom. The molecule has 3 atom stereocenters. The third-order valence-electron chi connectivity index (χ3n) is 7.81. The molecule has 39 heavy (non-hydrogen) atoms. The molecular formula is C27H27F3N6O2S. The lowest BCUT2D eigenvalue weighted by Crippen LogP contribution is -2.47. The molecular weight excluding hydrogens is 529 g/mol. The van der Waals surface area contributed by atoms with Crippen LogP contribution in [0.25, 0.3) is 28.0 Å². The van der Waals surface area contributed by atoms with Gasteiger partial charge in [0.25, 0.3) is 0 Å². The van der Waals surface area contributed by atoms with Crippen molar-refractivity contribution in [3.8, 4) is 22.4 Å². The van der Waals surface area contributed by atoms with Crippen LogP contribution in [0, 0.1) is 0 Å². The number of sulfone groups is 1. The predicted octanol–water partition coefficient (Wildman–Crippen LogP) is 4.72. The van der Waals surface area contributed by atoms with E-state index >= 15 is 0 Å². The van der Waals surface area contributed by atoms with Crippen LogP contribution in [0.3, 0.4) is 0 Å². The number of benzene rings is 1. The van der Waals surface area contributed by atoms with Gasteiger partial charge in [-0.1, -0.05) is 36.4 Å². The summed E-state index contributed by atoms with van der Waals surface area (Å²) in [7, 11) is -3.81. The minimum Gasteiger partial charge on any atom is -0.382 e. The van der Waals surface area contributed by atoms with Crippen molar-refractivity contribution in [2.24, 2.45) is 0 Å². The SMILES string of the molecule is CS(=O)(=O)c1c([C@@H]2CC3CC[C@@H](C2)N3CC(F)(F)F)nc2c(-c3ccc(-c4ccccc4)nc3)cnn2c1N. The zero-order valence-electron chi connectivity index (χ0n) is 21.1. The highest BCUT2D eigenvalue weighted by Gasteiger charge is 2.47. The van der Waals surface area contributed by atoms with E-state index in [4.69, 9.17) is 10.7 Å². The summed E-state index contributed by atoms with van der Waals surface area (Å²) in [5, 5.41) is 4.33. The molecule has 4 aromatic rings. The fourth-order valence-electron chi connectivity index (χ4n) is 6.17. The van der Waals surface area contributed by atoms with Gasteiger partial charge in [0, 0.05) is 47.1 Å². The molecule has 0 spiro atoms. The molecule has 8 nitrogen and oxygen atoms in total. The van der Waals surface area contributed by atoms with Crippen molar-refractivity contribution in [1.29, 1.82) is 0 Å². The Morgan fingerprint density at radius 2 is 1.69 bits per heavy atom. The highest BCUT2D eigenvalue weighted by Crippen LogP contribution is 2.46. The van der Waals surface area contributed by atoms with Gasteiger partial charge in [-0.3, -0.25) is 9.88 Å². The van der Waals surface area contributed by atoms with Crippen molar-refractivity contribution in [3.05, 3.63) is 60.6 Å². The van der Waals surface area contributed by atoms with Crippen molar-refractivity contribution in [2.45, 2.75) is 54.8 Å². The summed E-state index contributed by atoms with van der Waals surface area (Å²) in [6.45, 7) is -0.957. The summed E-state index contributed by atoms with van der Waals surface area (Å²) in [5.74, 6) is -0.395. The quantitative estimate of drug-likeness (QED) is 0.379. The average molecular weight is 557 g/mol. The first-order valence-electron chi connectivity index (χ1n) is 12.7. The Balaban J connectivity index is 1.41. The van der Waals surface area contributed by atoms with Crippen LogP contribution >= 0.6 is 0 Å². The summed E-state index contributed by atoms with van der Waals surface area (Å²) < 4.78 is 66.8. The lowest BCUT2D eigenvalue weighted by Gasteiger charge is -2.39. The van der Waals surface area contributed by atoms with E-state index in [1.54, 1.807) is 12.4 Å². The molecule has 0 radical (unpaired) electrons. The van der Waals surface area contributed by atoms with Crippen molar-refractivity contribution in [2.75, 3.05) is 18.5 Å². The van der Waals surface area contributed by atoms with Crippen LogP contribution in [0.2, 0.25) is 0 Å². The number of alkyl halides is 3. The van der Waals surface area contributed by atoms with E-state index in [0.29, 0.717) is 42.6 Å². The molecule has 6 rings (SSSR count). The molecule has 1 unspecified atom stereocenters. The maximum absolute atomic E-state index is 13.2. The van der Waals surface area contributed by atoms with E-state index in [2.05, 4.69) is 10.1 Å². The minimum atomic E-state index is -4.29. The Kier molecular flexibility index (Phi) is 6.14. The van der Waals surface area contributed by atoms with Gasteiger partial charge in [-0.2, -0.15) is 22.8 Å². The number of aromatic nitrogens is 4. The molecule has 2 aliphatic heterocycles. The van der Waals surface area contributed by atoms with Gasteiger partial charge < -0.3 is 5.73 Å². The first-order valence-corrected chi connectivity index (χ1v) is 14.6. The zero-order valence-corrected chi connectivity index (χ0v) is 22.0. The predicted molar refractivity (Wildman–Crippen MR) is 141 cm³/mol. The van der Waals surface area contributed by atoms with Gasteiger partial charge in [-0.15, -0.1) is 0 Å². The Hall–Kier alpha value is -3.51. The van der Waals surface area contributed by atoms with E-state index in [1.807, 2.05) is 42.5 Å². The molecule has 2 aliphatic rings. The molecule has 2 fully saturated rings. The van der Waals surface area contributed by atoms with Crippen LogP contribution in [-0.4, -0.2) is 64.0 Å². The van der Waals surface area contributed by atoms with Gasteiger partial charge in [0.05, 0.1) is 24.1 Å². The number of hydrogen-bond acceptors (Lipinski definition) is 7. The van der Waals surface area contributed by atoms with Gasteiger partial charge in [0.2, 0.25) is 0 Å². The van der Waals surface area contributed by atoms with Gasteiger partial charge in [0.1, 0.15) is 10.7 Å². The van der Waals surface area contributed by atoms with Crippen molar-refractivity contribution < 1.29 is 21.6 Å². The van der Waals surface area contributed by atoms with E-state index < -0.39 is 22.6 Å². The molecule has 0 aliphatic carbocycles. The van der Waals surface area contributed by atoms with Crippen LogP contribution in [0.5, 0.6) is 0 Å². The molecule has 5 heterocycles. The summed E-state index contributed by atoms with van der Waals surface area (Å²) in [4.78, 5) is 10.8. The lowest BCUT2D eigenvalue weighted by atomic mass is 9.87. The normalized spacial score (nSPS) is 22.0. The second kappa shape index (κ2) is 9.30. The summed E-state index contributed by atoms with van der Waals surface area (Å²) in [6.07, 6.45) is 2.11. The minimum absolute atomic E-state index is 0.0531. The molecule has 204 valence electrons. The highest BCUT2D eigenvalue weighted by molar-refractivity contribution is 7.91. The van der Waals surface area contributed by atoms with Crippen LogP contribution in [-0.2, 0) is 9.84 Å². The smallest absolute Gasteiger partial charge is 0.382 e. The summed E-state index contributed by atoms with van der Waals surface area (Å²) in [5.41, 5.74) is 10.2. The van der Waals surface area contributed by atoms with Crippen LogP contribution in [0.4, 0.5) is 19.0 Å². The van der Waals surface area contributed by atoms with E-state index in [9.17, 15) is 21.6 Å². The number of rotatable bonds is 5. The van der Waals surface area contributed by atoms with E-state index in [0.717, 1.165) is 23.1 Å². The maximum Gasteiger partial charge on any atom is 0.401 e. The largest absolute Gasteiger partial charge is 0.401 e. The number of hydrogen-bond donors (Lipinski definition) is 1. The van der Waals surface area contributed by atoms with Crippen LogP contribution in [0.15, 0.2) is 59.8 Å². The number of fused-ring (bicyclic) bond motifs is 3. The summed E-state index contributed by atoms with van der Waals surface area (Å²) >= 11 is 0. The molecule has 1 aromatic carbocycles. The third-order valence-corrected chi connectivity index (χ3v) is 8.97. The Morgan fingerprint density at radius 3 is 2.28 bits per heavy atom. The molecule has 2 saturated heterocycles. The first kappa shape index (κ1) is 25.8. The van der Waals surface area contributed by atoms with Crippen molar-refractivity contribution in [1.82, 2.24) is 24.5 Å². The topological polar surface area (TPSA) is 106 Å². The second-order valence-corrected chi connectivity index (χ2v) is 12.4. The highest BCUT2D eigenvalue weighted by atomic mass is 32.2. The molecule has 2 N–H and O–H groups in total. The average Bonchev–Trinajstić information content (AvgIpc) is 3.39. The fourth-order valence-corrected chi connectivity index (χ4v) is 7.23. The number of nitrogens with two attached hydrogens (primary N) is 1. The van der Waals surface area contributed by atoms with Crippen LogP contribution < -0.4 is 5.73 Å².